The predicted octanol–water partition coefficient (Wildman–Crippen LogP) is 4.10. The molecule has 1 heterocycles. The molecule has 0 saturated carbocycles. The van der Waals surface area contributed by atoms with E-state index in [1.165, 1.54) is 39.9 Å². The first-order valence-electron chi connectivity index (χ1n) is 9.40. The van der Waals surface area contributed by atoms with Crippen molar-refractivity contribution in [1.29, 1.82) is 0 Å². The maximum absolute atomic E-state index is 12.6. The van der Waals surface area contributed by atoms with Gasteiger partial charge < -0.3 is 4.74 Å². The molecule has 0 atom stereocenters. The number of nitrogens with one attached hydrogen (secondary N) is 1. The highest BCUT2D eigenvalue weighted by Crippen LogP contribution is 2.27. The molecule has 1 amide bonds. The molecule has 1 N–H and O–H groups in total. The van der Waals surface area contributed by atoms with E-state index in [2.05, 4.69) is 10.3 Å². The molecule has 30 heavy (non-hydrogen) atoms. The van der Waals surface area contributed by atoms with E-state index in [0.29, 0.717) is 23.8 Å². The number of methoxy groups -OCH3 is 1. The minimum atomic E-state index is -3.55. The molecule has 0 fully saturated rings. The van der Waals surface area contributed by atoms with Gasteiger partial charge in [-0.15, -0.1) is 11.3 Å². The summed E-state index contributed by atoms with van der Waals surface area (Å²) < 4.78 is 31.7. The van der Waals surface area contributed by atoms with Crippen molar-refractivity contribution in [3.05, 3.63) is 59.5 Å². The first kappa shape index (κ1) is 21.9. The molecule has 1 aromatic heterocycles. The first-order chi connectivity index (χ1) is 14.4. The summed E-state index contributed by atoms with van der Waals surface area (Å²) in [6.07, 6.45) is 0. The Morgan fingerprint density at radius 3 is 2.47 bits per heavy atom. The summed E-state index contributed by atoms with van der Waals surface area (Å²) in [5.74, 6) is 0.374. The molecule has 0 aliphatic carbocycles. The number of rotatable bonds is 8. The average Bonchev–Trinajstić information content (AvgIpc) is 3.23. The zero-order chi connectivity index (χ0) is 21.7. The quantitative estimate of drug-likeness (QED) is 0.564. The van der Waals surface area contributed by atoms with Crippen molar-refractivity contribution in [1.82, 2.24) is 9.29 Å². The second-order valence-corrected chi connectivity index (χ2v) is 9.13. The Balaban J connectivity index is 1.73. The number of aromatic nitrogens is 1. The van der Waals surface area contributed by atoms with E-state index in [9.17, 15) is 13.2 Å². The number of amides is 1. The SMILES string of the molecule is CCN(CC)S(=O)(=O)c1ccc(C(=O)Nc2nc(-c3cccc(OC)c3)cs2)cc1. The molecule has 9 heteroatoms. The van der Waals surface area contributed by atoms with Crippen LogP contribution in [0.25, 0.3) is 11.3 Å². The zero-order valence-electron chi connectivity index (χ0n) is 17.0. The lowest BCUT2D eigenvalue weighted by Gasteiger charge is -2.18. The van der Waals surface area contributed by atoms with Gasteiger partial charge in [-0.05, 0) is 36.4 Å². The van der Waals surface area contributed by atoms with Gasteiger partial charge in [0.25, 0.3) is 5.91 Å². The number of anilines is 1. The van der Waals surface area contributed by atoms with Gasteiger partial charge in [0, 0.05) is 29.6 Å². The van der Waals surface area contributed by atoms with Crippen LogP contribution in [-0.4, -0.2) is 43.8 Å². The number of hydrogen-bond donors (Lipinski definition) is 1. The number of carbonyl (C=O) groups excluding carboxylic acids is 1. The van der Waals surface area contributed by atoms with Crippen LogP contribution >= 0.6 is 11.3 Å². The van der Waals surface area contributed by atoms with Crippen molar-refractivity contribution in [2.45, 2.75) is 18.7 Å². The molecule has 0 saturated heterocycles. The van der Waals surface area contributed by atoms with Gasteiger partial charge >= 0.3 is 0 Å². The smallest absolute Gasteiger partial charge is 0.257 e. The summed E-state index contributed by atoms with van der Waals surface area (Å²) in [7, 11) is -1.95. The third-order valence-electron chi connectivity index (χ3n) is 4.55. The van der Waals surface area contributed by atoms with Crippen LogP contribution in [0.2, 0.25) is 0 Å². The third-order valence-corrected chi connectivity index (χ3v) is 7.37. The molecule has 0 radical (unpaired) electrons. The highest BCUT2D eigenvalue weighted by atomic mass is 32.2. The van der Waals surface area contributed by atoms with E-state index >= 15 is 0 Å². The zero-order valence-corrected chi connectivity index (χ0v) is 18.6. The number of benzene rings is 2. The summed E-state index contributed by atoms with van der Waals surface area (Å²) in [6, 6.07) is 13.4. The fourth-order valence-electron chi connectivity index (χ4n) is 2.91. The van der Waals surface area contributed by atoms with Gasteiger partial charge in [-0.1, -0.05) is 26.0 Å². The number of thiazole rings is 1. The van der Waals surface area contributed by atoms with Crippen molar-refractivity contribution in [2.75, 3.05) is 25.5 Å². The summed E-state index contributed by atoms with van der Waals surface area (Å²) in [6.45, 7) is 4.36. The maximum atomic E-state index is 12.6. The van der Waals surface area contributed by atoms with Crippen molar-refractivity contribution in [3.8, 4) is 17.0 Å². The molecule has 0 aliphatic heterocycles. The molecule has 3 aromatic rings. The van der Waals surface area contributed by atoms with Crippen molar-refractivity contribution >= 4 is 32.4 Å². The molecule has 0 spiro atoms. The van der Waals surface area contributed by atoms with Crippen molar-refractivity contribution in [3.63, 3.8) is 0 Å². The van der Waals surface area contributed by atoms with Crippen LogP contribution in [0, 0.1) is 0 Å². The normalized spacial score (nSPS) is 11.5. The van der Waals surface area contributed by atoms with Crippen LogP contribution in [0.15, 0.2) is 58.8 Å². The molecule has 0 unspecified atom stereocenters. The van der Waals surface area contributed by atoms with E-state index in [4.69, 9.17) is 4.74 Å². The summed E-state index contributed by atoms with van der Waals surface area (Å²) in [5.41, 5.74) is 1.97. The van der Waals surface area contributed by atoms with Gasteiger partial charge in [0.15, 0.2) is 5.13 Å². The minimum Gasteiger partial charge on any atom is -0.497 e. The highest BCUT2D eigenvalue weighted by Gasteiger charge is 2.21. The molecule has 158 valence electrons. The Hall–Kier alpha value is -2.75. The van der Waals surface area contributed by atoms with Gasteiger partial charge in [0.05, 0.1) is 17.7 Å². The van der Waals surface area contributed by atoms with Crippen LogP contribution in [0.3, 0.4) is 0 Å². The molecular formula is C21H23N3O4S2. The monoisotopic (exact) mass is 445 g/mol. The minimum absolute atomic E-state index is 0.164. The second-order valence-electron chi connectivity index (χ2n) is 6.34. The largest absolute Gasteiger partial charge is 0.497 e. The molecular weight excluding hydrogens is 422 g/mol. The highest BCUT2D eigenvalue weighted by molar-refractivity contribution is 7.89. The molecule has 2 aromatic carbocycles. The van der Waals surface area contributed by atoms with Crippen LogP contribution < -0.4 is 10.1 Å². The van der Waals surface area contributed by atoms with E-state index in [-0.39, 0.29) is 10.8 Å². The molecule has 0 aliphatic rings. The molecule has 0 bridgehead atoms. The fraction of sp³-hybridized carbons (Fsp3) is 0.238. The second kappa shape index (κ2) is 9.38. The average molecular weight is 446 g/mol. The Morgan fingerprint density at radius 2 is 1.83 bits per heavy atom. The van der Waals surface area contributed by atoms with E-state index < -0.39 is 10.0 Å². The molecule has 7 nitrogen and oxygen atoms in total. The van der Waals surface area contributed by atoms with Crippen LogP contribution in [-0.2, 0) is 10.0 Å². The lowest BCUT2D eigenvalue weighted by Crippen LogP contribution is -2.30. The summed E-state index contributed by atoms with van der Waals surface area (Å²) in [4.78, 5) is 17.2. The number of hydrogen-bond acceptors (Lipinski definition) is 6. The van der Waals surface area contributed by atoms with Crippen molar-refractivity contribution < 1.29 is 17.9 Å². The standard InChI is InChI=1S/C21H23N3O4S2/c1-4-24(5-2)30(26,27)18-11-9-15(10-12-18)20(25)23-21-22-19(14-29-21)16-7-6-8-17(13-16)28-3/h6-14H,4-5H2,1-3H3,(H,22,23,25). The van der Waals surface area contributed by atoms with Crippen LogP contribution in [0.1, 0.15) is 24.2 Å². The van der Waals surface area contributed by atoms with Gasteiger partial charge in [0.1, 0.15) is 5.75 Å². The lowest BCUT2D eigenvalue weighted by atomic mass is 10.2. The predicted molar refractivity (Wildman–Crippen MR) is 119 cm³/mol. The van der Waals surface area contributed by atoms with E-state index in [1.54, 1.807) is 21.0 Å². The Morgan fingerprint density at radius 1 is 1.13 bits per heavy atom. The van der Waals surface area contributed by atoms with Crippen LogP contribution in [0.5, 0.6) is 5.75 Å². The molecule has 3 rings (SSSR count). The lowest BCUT2D eigenvalue weighted by molar-refractivity contribution is 0.102. The topological polar surface area (TPSA) is 88.6 Å². The Labute approximate surface area is 180 Å². The third kappa shape index (κ3) is 4.69. The summed E-state index contributed by atoms with van der Waals surface area (Å²) in [5, 5.41) is 5.07. The fourth-order valence-corrected chi connectivity index (χ4v) is 5.08. The van der Waals surface area contributed by atoms with Gasteiger partial charge in [-0.3, -0.25) is 10.1 Å². The first-order valence-corrected chi connectivity index (χ1v) is 11.7. The van der Waals surface area contributed by atoms with Crippen molar-refractivity contribution in [2.24, 2.45) is 0 Å². The van der Waals surface area contributed by atoms with E-state index in [1.807, 2.05) is 29.6 Å². The number of ether oxygens (including phenoxy) is 1. The Kier molecular flexibility index (Phi) is 6.86. The maximum Gasteiger partial charge on any atom is 0.257 e. The van der Waals surface area contributed by atoms with Gasteiger partial charge in [-0.25, -0.2) is 13.4 Å². The van der Waals surface area contributed by atoms with E-state index in [0.717, 1.165) is 17.0 Å². The Bertz CT molecular complexity index is 1120. The summed E-state index contributed by atoms with van der Waals surface area (Å²) >= 11 is 1.31. The number of carbonyl (C=O) groups is 1. The number of sulfonamides is 1. The number of nitrogens with zero attached hydrogens (tertiary/aromatic N) is 2. The van der Waals surface area contributed by atoms with Gasteiger partial charge in [0.2, 0.25) is 10.0 Å². The van der Waals surface area contributed by atoms with Crippen LogP contribution in [0.4, 0.5) is 5.13 Å². The van der Waals surface area contributed by atoms with Gasteiger partial charge in [-0.2, -0.15) is 4.31 Å².